The molecule has 0 radical (unpaired) electrons. The lowest BCUT2D eigenvalue weighted by atomic mass is 10.0. The number of hydrogen-bond acceptors (Lipinski definition) is 5. The minimum Gasteiger partial charge on any atom is -0.306 e. The fourth-order valence-corrected chi connectivity index (χ4v) is 4.88. The number of thioether (sulfide) groups is 1. The van der Waals surface area contributed by atoms with E-state index in [0.717, 1.165) is 27.7 Å². The van der Waals surface area contributed by atoms with Crippen molar-refractivity contribution in [3.63, 3.8) is 0 Å². The molecule has 21 heavy (non-hydrogen) atoms. The first-order valence-electron chi connectivity index (χ1n) is 7.48. The molecule has 2 aromatic rings. The van der Waals surface area contributed by atoms with Crippen LogP contribution in [0, 0.1) is 5.92 Å². The van der Waals surface area contributed by atoms with E-state index in [1.807, 2.05) is 22.9 Å². The van der Waals surface area contributed by atoms with Crippen LogP contribution in [0.5, 0.6) is 0 Å². The van der Waals surface area contributed by atoms with Crippen LogP contribution < -0.4 is 5.56 Å². The predicted octanol–water partition coefficient (Wildman–Crippen LogP) is 2.91. The molecule has 4 nitrogen and oxygen atoms in total. The van der Waals surface area contributed by atoms with Gasteiger partial charge in [0.05, 0.1) is 5.52 Å². The highest BCUT2D eigenvalue weighted by Crippen LogP contribution is 2.25. The van der Waals surface area contributed by atoms with Crippen LogP contribution in [0.4, 0.5) is 0 Å². The molecule has 3 heterocycles. The third kappa shape index (κ3) is 3.17. The Morgan fingerprint density at radius 3 is 3.14 bits per heavy atom. The Balaban J connectivity index is 1.81. The molecule has 6 heteroatoms. The van der Waals surface area contributed by atoms with Crippen molar-refractivity contribution < 1.29 is 0 Å². The average molecular weight is 323 g/mol. The van der Waals surface area contributed by atoms with Crippen LogP contribution in [0.3, 0.4) is 0 Å². The first-order chi connectivity index (χ1) is 10.2. The average Bonchev–Trinajstić information content (AvgIpc) is 2.94. The van der Waals surface area contributed by atoms with Crippen molar-refractivity contribution in [2.24, 2.45) is 5.92 Å². The van der Waals surface area contributed by atoms with Gasteiger partial charge in [0.25, 0.3) is 5.56 Å². The van der Waals surface area contributed by atoms with E-state index in [0.29, 0.717) is 12.5 Å². The molecule has 1 saturated heterocycles. The number of fused-ring (bicyclic) bond motifs is 1. The maximum atomic E-state index is 12.5. The first kappa shape index (κ1) is 15.1. The summed E-state index contributed by atoms with van der Waals surface area (Å²) < 4.78 is 2.59. The fraction of sp³-hybridized carbons (Fsp3) is 0.600. The second kappa shape index (κ2) is 6.50. The van der Waals surface area contributed by atoms with Crippen molar-refractivity contribution in [1.29, 1.82) is 0 Å². The smallest absolute Gasteiger partial charge is 0.272 e. The van der Waals surface area contributed by atoms with Crippen molar-refractivity contribution >= 4 is 33.3 Å². The van der Waals surface area contributed by atoms with E-state index in [4.69, 9.17) is 4.98 Å². The molecule has 1 aliphatic rings. The van der Waals surface area contributed by atoms with Crippen LogP contribution in [-0.2, 0) is 6.54 Å². The summed E-state index contributed by atoms with van der Waals surface area (Å²) in [6.45, 7) is 5.07. The number of rotatable bonds is 4. The highest BCUT2D eigenvalue weighted by Gasteiger charge is 2.19. The van der Waals surface area contributed by atoms with Crippen LogP contribution in [0.2, 0.25) is 0 Å². The Kier molecular flexibility index (Phi) is 4.66. The summed E-state index contributed by atoms with van der Waals surface area (Å²) in [6.07, 6.45) is 2.56. The molecule has 0 amide bonds. The van der Waals surface area contributed by atoms with E-state index in [1.54, 1.807) is 11.8 Å². The molecule has 114 valence electrons. The molecule has 0 aliphatic carbocycles. The lowest BCUT2D eigenvalue weighted by Gasteiger charge is -2.29. The van der Waals surface area contributed by atoms with Gasteiger partial charge in [-0.3, -0.25) is 9.36 Å². The molecule has 1 atom stereocenters. The summed E-state index contributed by atoms with van der Waals surface area (Å²) in [7, 11) is 2.19. The van der Waals surface area contributed by atoms with Gasteiger partial charge in [-0.05, 0) is 50.7 Å². The van der Waals surface area contributed by atoms with Crippen LogP contribution in [0.15, 0.2) is 21.4 Å². The summed E-state index contributed by atoms with van der Waals surface area (Å²) in [6, 6.07) is 1.94. The molecule has 0 saturated carbocycles. The Morgan fingerprint density at radius 2 is 2.38 bits per heavy atom. The van der Waals surface area contributed by atoms with Gasteiger partial charge in [0.15, 0.2) is 5.16 Å². The summed E-state index contributed by atoms with van der Waals surface area (Å²) in [4.78, 5) is 19.5. The Labute approximate surface area is 133 Å². The highest BCUT2D eigenvalue weighted by molar-refractivity contribution is 7.99. The van der Waals surface area contributed by atoms with Gasteiger partial charge in [0.1, 0.15) is 4.70 Å². The molecule has 3 rings (SSSR count). The largest absolute Gasteiger partial charge is 0.306 e. The van der Waals surface area contributed by atoms with Gasteiger partial charge in [0.2, 0.25) is 0 Å². The molecule has 0 aromatic carbocycles. The minimum absolute atomic E-state index is 0.112. The number of likely N-dealkylation sites (tertiary alicyclic amines) is 1. The normalized spacial score (nSPS) is 20.2. The van der Waals surface area contributed by atoms with Gasteiger partial charge >= 0.3 is 0 Å². The summed E-state index contributed by atoms with van der Waals surface area (Å²) in [5.41, 5.74) is 0.957. The zero-order valence-corrected chi connectivity index (χ0v) is 14.2. The molecular weight excluding hydrogens is 302 g/mol. The molecule has 1 fully saturated rings. The number of hydrogen-bond donors (Lipinski definition) is 0. The van der Waals surface area contributed by atoms with Crippen LogP contribution >= 0.6 is 23.1 Å². The quantitative estimate of drug-likeness (QED) is 0.640. The lowest BCUT2D eigenvalue weighted by Crippen LogP contribution is -2.33. The molecule has 0 bridgehead atoms. The van der Waals surface area contributed by atoms with Gasteiger partial charge < -0.3 is 4.90 Å². The predicted molar refractivity (Wildman–Crippen MR) is 90.5 cm³/mol. The minimum atomic E-state index is 0.112. The molecular formula is C15H21N3OS2. The number of aromatic nitrogens is 2. The molecule has 0 spiro atoms. The van der Waals surface area contributed by atoms with Crippen molar-refractivity contribution in [3.8, 4) is 0 Å². The molecule has 2 aromatic heterocycles. The zero-order chi connectivity index (χ0) is 14.8. The maximum absolute atomic E-state index is 12.5. The van der Waals surface area contributed by atoms with E-state index in [1.165, 1.54) is 30.7 Å². The third-order valence-corrected chi connectivity index (χ3v) is 6.12. The van der Waals surface area contributed by atoms with Crippen molar-refractivity contribution in [3.05, 3.63) is 21.8 Å². The van der Waals surface area contributed by atoms with Crippen molar-refractivity contribution in [2.75, 3.05) is 25.9 Å². The monoisotopic (exact) mass is 323 g/mol. The topological polar surface area (TPSA) is 38.1 Å². The van der Waals surface area contributed by atoms with Gasteiger partial charge in [-0.2, -0.15) is 0 Å². The van der Waals surface area contributed by atoms with E-state index in [9.17, 15) is 4.79 Å². The Hall–Kier alpha value is -0.850. The van der Waals surface area contributed by atoms with Crippen LogP contribution in [0.25, 0.3) is 10.2 Å². The van der Waals surface area contributed by atoms with E-state index in [2.05, 4.69) is 11.9 Å². The summed E-state index contributed by atoms with van der Waals surface area (Å²) >= 11 is 3.23. The van der Waals surface area contributed by atoms with E-state index >= 15 is 0 Å². The second-order valence-corrected chi connectivity index (χ2v) is 7.56. The van der Waals surface area contributed by atoms with E-state index in [-0.39, 0.29) is 5.56 Å². The van der Waals surface area contributed by atoms with Crippen molar-refractivity contribution in [1.82, 2.24) is 14.5 Å². The van der Waals surface area contributed by atoms with Gasteiger partial charge in [0, 0.05) is 18.8 Å². The standard InChI is InChI=1S/C15H21N3OS2/c1-3-18-14(19)13-12(6-8-20-13)16-15(18)21-10-11-5-4-7-17(2)9-11/h6,8,11H,3-5,7,9-10H2,1-2H3/t11-/m1/s1. The maximum Gasteiger partial charge on any atom is 0.272 e. The SMILES string of the molecule is CCn1c(SC[C@@H]2CCCN(C)C2)nc2ccsc2c1=O. The molecule has 1 aliphatic heterocycles. The molecule has 0 N–H and O–H groups in total. The van der Waals surface area contributed by atoms with Gasteiger partial charge in [-0.1, -0.05) is 11.8 Å². The first-order valence-corrected chi connectivity index (χ1v) is 9.35. The second-order valence-electron chi connectivity index (χ2n) is 5.66. The Morgan fingerprint density at radius 1 is 1.52 bits per heavy atom. The van der Waals surface area contributed by atoms with Gasteiger partial charge in [-0.25, -0.2) is 4.98 Å². The van der Waals surface area contributed by atoms with Gasteiger partial charge in [-0.15, -0.1) is 11.3 Å². The number of nitrogens with zero attached hydrogens (tertiary/aromatic N) is 3. The van der Waals surface area contributed by atoms with Crippen molar-refractivity contribution in [2.45, 2.75) is 31.5 Å². The van der Waals surface area contributed by atoms with E-state index < -0.39 is 0 Å². The Bertz CT molecular complexity index is 679. The zero-order valence-electron chi connectivity index (χ0n) is 12.5. The van der Waals surface area contributed by atoms with Crippen LogP contribution in [-0.4, -0.2) is 40.3 Å². The lowest BCUT2D eigenvalue weighted by molar-refractivity contribution is 0.224. The molecule has 0 unspecified atom stereocenters. The number of piperidine rings is 1. The fourth-order valence-electron chi connectivity index (χ4n) is 2.91. The summed E-state index contributed by atoms with van der Waals surface area (Å²) in [5, 5.41) is 2.82. The third-order valence-electron chi connectivity index (χ3n) is 4.02. The number of thiophene rings is 1. The van der Waals surface area contributed by atoms with Crippen LogP contribution in [0.1, 0.15) is 19.8 Å². The summed E-state index contributed by atoms with van der Waals surface area (Å²) in [5.74, 6) is 1.75. The highest BCUT2D eigenvalue weighted by atomic mass is 32.2.